The van der Waals surface area contributed by atoms with Gasteiger partial charge in [0.2, 0.25) is 5.91 Å². The van der Waals surface area contributed by atoms with Crippen LogP contribution in [-0.2, 0) is 16.1 Å². The zero-order chi connectivity index (χ0) is 16.7. The molecule has 0 aliphatic carbocycles. The molecular weight excluding hydrogens is 304 g/mol. The van der Waals surface area contributed by atoms with Crippen molar-refractivity contribution in [3.05, 3.63) is 30.0 Å². The van der Waals surface area contributed by atoms with E-state index < -0.39 is 0 Å². The molecule has 2 aliphatic heterocycles. The molecule has 2 fully saturated rings. The molecule has 1 aromatic heterocycles. The van der Waals surface area contributed by atoms with E-state index in [1.54, 1.807) is 0 Å². The summed E-state index contributed by atoms with van der Waals surface area (Å²) in [4.78, 5) is 14.8. The summed E-state index contributed by atoms with van der Waals surface area (Å²) in [6.07, 6.45) is 0. The number of benzene rings is 1. The van der Waals surface area contributed by atoms with E-state index in [0.717, 1.165) is 29.7 Å². The van der Waals surface area contributed by atoms with Crippen LogP contribution in [0.25, 0.3) is 10.9 Å². The smallest absolute Gasteiger partial charge is 0.244 e. The standard InChI is InChI=1S/C18H24N4O2/c1-18(2)12-24-8-7-21(18)16(23)11-22-15-6-4-3-5-14(15)17(20-22)13-9-19-10-13/h3-6,13,19H,7-12H2,1-2H3. The highest BCUT2D eigenvalue weighted by Gasteiger charge is 2.34. The lowest BCUT2D eigenvalue weighted by atomic mass is 9.97. The van der Waals surface area contributed by atoms with E-state index in [0.29, 0.717) is 25.7 Å². The number of nitrogens with one attached hydrogen (secondary N) is 1. The Bertz CT molecular complexity index is 763. The van der Waals surface area contributed by atoms with Gasteiger partial charge in [0.1, 0.15) is 6.54 Å². The molecule has 128 valence electrons. The van der Waals surface area contributed by atoms with Crippen LogP contribution in [-0.4, -0.2) is 59.0 Å². The summed E-state index contributed by atoms with van der Waals surface area (Å²) in [5, 5.41) is 9.26. The van der Waals surface area contributed by atoms with Crippen molar-refractivity contribution in [1.29, 1.82) is 0 Å². The van der Waals surface area contributed by atoms with E-state index in [-0.39, 0.29) is 18.0 Å². The fraction of sp³-hybridized carbons (Fsp3) is 0.556. The van der Waals surface area contributed by atoms with Gasteiger partial charge in [0.05, 0.1) is 30.0 Å². The average molecular weight is 328 g/mol. The molecule has 24 heavy (non-hydrogen) atoms. The molecule has 2 aliphatic rings. The molecule has 0 bridgehead atoms. The second-order valence-corrected chi connectivity index (χ2v) is 7.33. The Kier molecular flexibility index (Phi) is 3.81. The van der Waals surface area contributed by atoms with Crippen molar-refractivity contribution in [2.75, 3.05) is 32.8 Å². The highest BCUT2D eigenvalue weighted by Crippen LogP contribution is 2.28. The lowest BCUT2D eigenvalue weighted by molar-refractivity contribution is -0.147. The van der Waals surface area contributed by atoms with Gasteiger partial charge in [-0.05, 0) is 19.9 Å². The van der Waals surface area contributed by atoms with Gasteiger partial charge < -0.3 is 15.0 Å². The maximum atomic E-state index is 12.9. The normalized spacial score (nSPS) is 21.0. The summed E-state index contributed by atoms with van der Waals surface area (Å²) in [6, 6.07) is 8.20. The number of carbonyl (C=O) groups excluding carboxylic acids is 1. The quantitative estimate of drug-likeness (QED) is 0.924. The Morgan fingerprint density at radius 2 is 2.17 bits per heavy atom. The Balaban J connectivity index is 1.63. The van der Waals surface area contributed by atoms with Gasteiger partial charge in [0.15, 0.2) is 0 Å². The van der Waals surface area contributed by atoms with Gasteiger partial charge >= 0.3 is 0 Å². The third-order valence-electron chi connectivity index (χ3n) is 5.09. The van der Waals surface area contributed by atoms with Crippen molar-refractivity contribution in [2.45, 2.75) is 31.8 Å². The zero-order valence-corrected chi connectivity index (χ0v) is 14.3. The third-order valence-corrected chi connectivity index (χ3v) is 5.09. The van der Waals surface area contributed by atoms with E-state index in [1.165, 1.54) is 0 Å². The fourth-order valence-corrected chi connectivity index (χ4v) is 3.59. The van der Waals surface area contributed by atoms with Crippen LogP contribution in [0.1, 0.15) is 25.5 Å². The summed E-state index contributed by atoms with van der Waals surface area (Å²) in [6.45, 7) is 8.14. The predicted molar refractivity (Wildman–Crippen MR) is 92.0 cm³/mol. The molecule has 0 saturated carbocycles. The first-order chi connectivity index (χ1) is 11.6. The van der Waals surface area contributed by atoms with Gasteiger partial charge in [-0.25, -0.2) is 0 Å². The van der Waals surface area contributed by atoms with E-state index in [9.17, 15) is 4.79 Å². The molecule has 0 spiro atoms. The van der Waals surface area contributed by atoms with E-state index >= 15 is 0 Å². The molecule has 1 aromatic carbocycles. The Morgan fingerprint density at radius 3 is 2.88 bits per heavy atom. The van der Waals surface area contributed by atoms with Crippen molar-refractivity contribution >= 4 is 16.8 Å². The molecule has 1 amide bonds. The fourth-order valence-electron chi connectivity index (χ4n) is 3.59. The van der Waals surface area contributed by atoms with Crippen molar-refractivity contribution in [3.63, 3.8) is 0 Å². The molecule has 0 radical (unpaired) electrons. The van der Waals surface area contributed by atoms with Crippen LogP contribution < -0.4 is 5.32 Å². The summed E-state index contributed by atoms with van der Waals surface area (Å²) >= 11 is 0. The summed E-state index contributed by atoms with van der Waals surface area (Å²) in [7, 11) is 0. The summed E-state index contributed by atoms with van der Waals surface area (Å²) < 4.78 is 7.39. The van der Waals surface area contributed by atoms with Gasteiger partial charge in [0, 0.05) is 30.9 Å². The third kappa shape index (κ3) is 2.59. The molecule has 1 N–H and O–H groups in total. The second kappa shape index (κ2) is 5.86. The minimum Gasteiger partial charge on any atom is -0.377 e. The van der Waals surface area contributed by atoms with Crippen molar-refractivity contribution in [3.8, 4) is 0 Å². The number of fused-ring (bicyclic) bond motifs is 1. The number of hydrogen-bond acceptors (Lipinski definition) is 4. The van der Waals surface area contributed by atoms with Gasteiger partial charge in [-0.15, -0.1) is 0 Å². The van der Waals surface area contributed by atoms with Crippen LogP contribution in [0.4, 0.5) is 0 Å². The Hall–Kier alpha value is -1.92. The van der Waals surface area contributed by atoms with E-state index in [1.807, 2.05) is 21.7 Å². The highest BCUT2D eigenvalue weighted by atomic mass is 16.5. The van der Waals surface area contributed by atoms with E-state index in [4.69, 9.17) is 9.84 Å². The highest BCUT2D eigenvalue weighted by molar-refractivity contribution is 5.85. The zero-order valence-electron chi connectivity index (χ0n) is 14.3. The van der Waals surface area contributed by atoms with Gasteiger partial charge in [-0.1, -0.05) is 18.2 Å². The van der Waals surface area contributed by atoms with Gasteiger partial charge in [0.25, 0.3) is 0 Å². The average Bonchev–Trinajstić information content (AvgIpc) is 2.84. The molecule has 0 unspecified atom stereocenters. The maximum absolute atomic E-state index is 12.9. The lowest BCUT2D eigenvalue weighted by Crippen LogP contribution is -2.56. The second-order valence-electron chi connectivity index (χ2n) is 7.33. The molecule has 2 aromatic rings. The number of para-hydroxylation sites is 1. The van der Waals surface area contributed by atoms with Crippen molar-refractivity contribution < 1.29 is 9.53 Å². The Morgan fingerprint density at radius 1 is 1.38 bits per heavy atom. The monoisotopic (exact) mass is 328 g/mol. The number of morpholine rings is 1. The topological polar surface area (TPSA) is 59.4 Å². The predicted octanol–water partition coefficient (Wildman–Crippen LogP) is 1.36. The minimum atomic E-state index is -0.265. The summed E-state index contributed by atoms with van der Waals surface area (Å²) in [5.41, 5.74) is 1.89. The summed E-state index contributed by atoms with van der Waals surface area (Å²) in [5.74, 6) is 0.556. The number of nitrogens with zero attached hydrogens (tertiary/aromatic N) is 3. The number of rotatable bonds is 3. The lowest BCUT2D eigenvalue weighted by Gasteiger charge is -2.42. The molecule has 2 saturated heterocycles. The molecule has 6 heteroatoms. The largest absolute Gasteiger partial charge is 0.377 e. The number of hydrogen-bond donors (Lipinski definition) is 1. The van der Waals surface area contributed by atoms with Crippen LogP contribution in [0.3, 0.4) is 0 Å². The number of aromatic nitrogens is 2. The SMILES string of the molecule is CC1(C)COCCN1C(=O)Cn1nc(C2CNC2)c2ccccc21. The molecule has 3 heterocycles. The van der Waals surface area contributed by atoms with E-state index in [2.05, 4.69) is 31.3 Å². The van der Waals surface area contributed by atoms with Crippen LogP contribution in [0.2, 0.25) is 0 Å². The minimum absolute atomic E-state index is 0.106. The molecule has 6 nitrogen and oxygen atoms in total. The van der Waals surface area contributed by atoms with Crippen LogP contribution in [0, 0.1) is 0 Å². The molecular formula is C18H24N4O2. The number of carbonyl (C=O) groups is 1. The first-order valence-corrected chi connectivity index (χ1v) is 8.61. The van der Waals surface area contributed by atoms with Crippen LogP contribution in [0.5, 0.6) is 0 Å². The molecule has 4 rings (SSSR count). The van der Waals surface area contributed by atoms with Crippen molar-refractivity contribution in [2.24, 2.45) is 0 Å². The Labute approximate surface area is 141 Å². The van der Waals surface area contributed by atoms with Gasteiger partial charge in [-0.3, -0.25) is 9.48 Å². The van der Waals surface area contributed by atoms with Crippen LogP contribution >= 0.6 is 0 Å². The van der Waals surface area contributed by atoms with Gasteiger partial charge in [-0.2, -0.15) is 5.10 Å². The van der Waals surface area contributed by atoms with Crippen LogP contribution in [0.15, 0.2) is 24.3 Å². The number of ether oxygens (including phenoxy) is 1. The van der Waals surface area contributed by atoms with Crippen molar-refractivity contribution in [1.82, 2.24) is 20.0 Å². The maximum Gasteiger partial charge on any atom is 0.244 e. The number of amides is 1. The molecule has 0 atom stereocenters. The first-order valence-electron chi connectivity index (χ1n) is 8.61. The first kappa shape index (κ1) is 15.6.